The predicted molar refractivity (Wildman–Crippen MR) is 100 cm³/mol. The Morgan fingerprint density at radius 2 is 1.76 bits per heavy atom. The Bertz CT molecular complexity index is 707. The molecule has 25 heavy (non-hydrogen) atoms. The maximum Gasteiger partial charge on any atom is 0.253 e. The van der Waals surface area contributed by atoms with Crippen LogP contribution in [0.4, 0.5) is 0 Å². The van der Waals surface area contributed by atoms with Crippen LogP contribution in [-0.4, -0.2) is 42.9 Å². The van der Waals surface area contributed by atoms with Crippen molar-refractivity contribution < 1.29 is 9.53 Å². The van der Waals surface area contributed by atoms with Crippen LogP contribution >= 0.6 is 0 Å². The van der Waals surface area contributed by atoms with E-state index in [0.29, 0.717) is 5.56 Å². The van der Waals surface area contributed by atoms with Gasteiger partial charge >= 0.3 is 0 Å². The summed E-state index contributed by atoms with van der Waals surface area (Å²) in [5, 5.41) is 0. The van der Waals surface area contributed by atoms with Gasteiger partial charge in [0.25, 0.3) is 5.91 Å². The molecule has 1 heterocycles. The molecule has 0 saturated carbocycles. The number of carbonyl (C=O) groups is 1. The molecule has 0 aliphatic carbocycles. The summed E-state index contributed by atoms with van der Waals surface area (Å²) in [5.74, 6) is 1.64. The zero-order chi connectivity index (χ0) is 17.6. The van der Waals surface area contributed by atoms with E-state index in [1.807, 2.05) is 67.5 Å². The molecule has 1 aliphatic rings. The minimum atomic E-state index is 0.106. The minimum absolute atomic E-state index is 0.106. The molecule has 1 amide bonds. The third-order valence-electron chi connectivity index (χ3n) is 4.41. The Labute approximate surface area is 150 Å². The number of amides is 1. The predicted octanol–water partition coefficient (Wildman–Crippen LogP) is 4.17. The van der Waals surface area contributed by atoms with E-state index in [0.717, 1.165) is 49.5 Å². The summed E-state index contributed by atoms with van der Waals surface area (Å²) in [4.78, 5) is 16.8. The number of piperidine rings is 1. The number of ether oxygens (including phenoxy) is 1. The molecule has 4 heteroatoms. The summed E-state index contributed by atoms with van der Waals surface area (Å²) in [6, 6.07) is 15.5. The molecule has 132 valence electrons. The lowest BCUT2D eigenvalue weighted by atomic mass is 10.1. The van der Waals surface area contributed by atoms with E-state index in [4.69, 9.17) is 4.74 Å². The largest absolute Gasteiger partial charge is 0.457 e. The van der Waals surface area contributed by atoms with Crippen molar-refractivity contribution in [2.24, 2.45) is 0 Å². The lowest BCUT2D eigenvalue weighted by Gasteiger charge is -2.27. The topological polar surface area (TPSA) is 32.8 Å². The summed E-state index contributed by atoms with van der Waals surface area (Å²) in [5.41, 5.74) is 1.78. The number of carbonyl (C=O) groups excluding carboxylic acids is 1. The van der Waals surface area contributed by atoms with Crippen LogP contribution in [0.15, 0.2) is 48.5 Å². The van der Waals surface area contributed by atoms with Crippen molar-refractivity contribution in [2.75, 3.05) is 27.2 Å². The molecular weight excluding hydrogens is 312 g/mol. The standard InChI is InChI=1S/C21H26N2O2/c1-22(2)16-18-12-11-17(21(24)23-13-7-4-8-14-23)15-20(18)25-19-9-5-3-6-10-19/h3,5-6,9-12,15H,4,7-8,13-14,16H2,1-2H3. The first-order chi connectivity index (χ1) is 12.1. The minimum Gasteiger partial charge on any atom is -0.457 e. The van der Waals surface area contributed by atoms with Crippen molar-refractivity contribution >= 4 is 5.91 Å². The first-order valence-electron chi connectivity index (χ1n) is 8.93. The van der Waals surface area contributed by atoms with Crippen molar-refractivity contribution in [3.8, 4) is 11.5 Å². The third kappa shape index (κ3) is 4.60. The average Bonchev–Trinajstić information content (AvgIpc) is 2.64. The summed E-state index contributed by atoms with van der Waals surface area (Å²) < 4.78 is 6.09. The van der Waals surface area contributed by atoms with E-state index < -0.39 is 0 Å². The molecule has 1 saturated heterocycles. The van der Waals surface area contributed by atoms with Gasteiger partial charge < -0.3 is 14.5 Å². The van der Waals surface area contributed by atoms with Crippen LogP contribution in [0, 0.1) is 0 Å². The molecule has 0 aromatic heterocycles. The molecule has 0 unspecified atom stereocenters. The van der Waals surface area contributed by atoms with Gasteiger partial charge in [0.15, 0.2) is 0 Å². The van der Waals surface area contributed by atoms with E-state index in [9.17, 15) is 4.79 Å². The maximum atomic E-state index is 12.8. The third-order valence-corrected chi connectivity index (χ3v) is 4.41. The molecule has 0 bridgehead atoms. The maximum absolute atomic E-state index is 12.8. The van der Waals surface area contributed by atoms with Gasteiger partial charge in [-0.1, -0.05) is 24.3 Å². The van der Waals surface area contributed by atoms with Crippen LogP contribution in [-0.2, 0) is 6.54 Å². The molecule has 0 spiro atoms. The first-order valence-corrected chi connectivity index (χ1v) is 8.93. The Balaban J connectivity index is 1.87. The van der Waals surface area contributed by atoms with Crippen molar-refractivity contribution in [3.63, 3.8) is 0 Å². The molecule has 2 aromatic rings. The fourth-order valence-electron chi connectivity index (χ4n) is 3.15. The van der Waals surface area contributed by atoms with E-state index in [1.54, 1.807) is 0 Å². The van der Waals surface area contributed by atoms with Crippen LogP contribution in [0.2, 0.25) is 0 Å². The van der Waals surface area contributed by atoms with Crippen LogP contribution in [0.1, 0.15) is 35.2 Å². The Morgan fingerprint density at radius 1 is 1.04 bits per heavy atom. The Kier molecular flexibility index (Phi) is 5.71. The number of rotatable bonds is 5. The normalized spacial score (nSPS) is 14.6. The van der Waals surface area contributed by atoms with E-state index in [2.05, 4.69) is 4.90 Å². The number of hydrogen-bond acceptors (Lipinski definition) is 3. The van der Waals surface area contributed by atoms with Crippen LogP contribution in [0.25, 0.3) is 0 Å². The summed E-state index contributed by atoms with van der Waals surface area (Å²) in [7, 11) is 4.05. The summed E-state index contributed by atoms with van der Waals surface area (Å²) in [6.45, 7) is 2.47. The molecule has 0 radical (unpaired) electrons. The first kappa shape index (κ1) is 17.5. The van der Waals surface area contributed by atoms with Crippen LogP contribution < -0.4 is 4.74 Å². The van der Waals surface area contributed by atoms with Gasteiger partial charge in [-0.3, -0.25) is 4.79 Å². The lowest BCUT2D eigenvalue weighted by Crippen LogP contribution is -2.35. The molecular formula is C21H26N2O2. The van der Waals surface area contributed by atoms with E-state index in [1.165, 1.54) is 6.42 Å². The van der Waals surface area contributed by atoms with Gasteiger partial charge in [-0.15, -0.1) is 0 Å². The Morgan fingerprint density at radius 3 is 2.44 bits per heavy atom. The number of nitrogens with zero attached hydrogens (tertiary/aromatic N) is 2. The number of benzene rings is 2. The van der Waals surface area contributed by atoms with Gasteiger partial charge in [0.2, 0.25) is 0 Å². The zero-order valence-electron chi connectivity index (χ0n) is 15.1. The molecule has 0 N–H and O–H groups in total. The van der Waals surface area contributed by atoms with Gasteiger partial charge in [-0.05, 0) is 57.6 Å². The molecule has 1 fully saturated rings. The molecule has 0 atom stereocenters. The van der Waals surface area contributed by atoms with Gasteiger partial charge in [0.05, 0.1) is 0 Å². The second-order valence-electron chi connectivity index (χ2n) is 6.83. The smallest absolute Gasteiger partial charge is 0.253 e. The Hall–Kier alpha value is -2.33. The van der Waals surface area contributed by atoms with E-state index in [-0.39, 0.29) is 5.91 Å². The van der Waals surface area contributed by atoms with Crippen LogP contribution in [0.5, 0.6) is 11.5 Å². The monoisotopic (exact) mass is 338 g/mol. The zero-order valence-corrected chi connectivity index (χ0v) is 15.1. The fraction of sp³-hybridized carbons (Fsp3) is 0.381. The second-order valence-corrected chi connectivity index (χ2v) is 6.83. The van der Waals surface area contributed by atoms with Gasteiger partial charge in [-0.2, -0.15) is 0 Å². The van der Waals surface area contributed by atoms with E-state index >= 15 is 0 Å². The molecule has 1 aliphatic heterocycles. The highest BCUT2D eigenvalue weighted by Crippen LogP contribution is 2.28. The van der Waals surface area contributed by atoms with Gasteiger partial charge in [0.1, 0.15) is 11.5 Å². The highest BCUT2D eigenvalue weighted by atomic mass is 16.5. The lowest BCUT2D eigenvalue weighted by molar-refractivity contribution is 0.0724. The van der Waals surface area contributed by atoms with Gasteiger partial charge in [-0.25, -0.2) is 0 Å². The van der Waals surface area contributed by atoms with Crippen molar-refractivity contribution in [1.29, 1.82) is 0 Å². The second kappa shape index (κ2) is 8.17. The summed E-state index contributed by atoms with van der Waals surface area (Å²) in [6.07, 6.45) is 3.41. The van der Waals surface area contributed by atoms with Crippen molar-refractivity contribution in [1.82, 2.24) is 9.80 Å². The number of para-hydroxylation sites is 1. The average molecular weight is 338 g/mol. The SMILES string of the molecule is CN(C)Cc1ccc(C(=O)N2CCCCC2)cc1Oc1ccccc1. The number of hydrogen-bond donors (Lipinski definition) is 0. The van der Waals surface area contributed by atoms with Crippen LogP contribution in [0.3, 0.4) is 0 Å². The number of likely N-dealkylation sites (tertiary alicyclic amines) is 1. The van der Waals surface area contributed by atoms with Crippen molar-refractivity contribution in [3.05, 3.63) is 59.7 Å². The highest BCUT2D eigenvalue weighted by molar-refractivity contribution is 5.94. The summed E-state index contributed by atoms with van der Waals surface area (Å²) >= 11 is 0. The molecule has 2 aromatic carbocycles. The molecule has 3 rings (SSSR count). The van der Waals surface area contributed by atoms with Gasteiger partial charge in [0, 0.05) is 30.8 Å². The van der Waals surface area contributed by atoms with Crippen molar-refractivity contribution in [2.45, 2.75) is 25.8 Å². The fourth-order valence-corrected chi connectivity index (χ4v) is 3.15. The molecule has 4 nitrogen and oxygen atoms in total. The quantitative estimate of drug-likeness (QED) is 0.820. The highest BCUT2D eigenvalue weighted by Gasteiger charge is 2.19.